The highest BCUT2D eigenvalue weighted by molar-refractivity contribution is 7.89. The minimum Gasteiger partial charge on any atom is -0.445 e. The number of nitrogens with one attached hydrogen (secondary N) is 1. The predicted molar refractivity (Wildman–Crippen MR) is 146 cm³/mol. The van der Waals surface area contributed by atoms with Crippen LogP contribution in [0.25, 0.3) is 0 Å². The lowest BCUT2D eigenvalue weighted by Crippen LogP contribution is -2.51. The second-order valence-electron chi connectivity index (χ2n) is 9.54. The molecule has 0 aliphatic carbocycles. The van der Waals surface area contributed by atoms with Crippen molar-refractivity contribution in [3.63, 3.8) is 0 Å². The molecule has 1 amide bonds. The number of benzene rings is 3. The normalized spacial score (nSPS) is 13.2. The third-order valence-electron chi connectivity index (χ3n) is 5.92. The maximum Gasteiger partial charge on any atom is 0.407 e. The zero-order valence-corrected chi connectivity index (χ0v) is 22.7. The average Bonchev–Trinajstić information content (AvgIpc) is 2.92. The molecule has 0 aliphatic heterocycles. The molecule has 0 saturated carbocycles. The van der Waals surface area contributed by atoms with E-state index in [-0.39, 0.29) is 42.6 Å². The smallest absolute Gasteiger partial charge is 0.407 e. The van der Waals surface area contributed by atoms with Crippen molar-refractivity contribution in [2.24, 2.45) is 5.92 Å². The summed E-state index contributed by atoms with van der Waals surface area (Å²) in [6.45, 7) is 3.49. The maximum atomic E-state index is 13.5. The van der Waals surface area contributed by atoms with E-state index in [0.717, 1.165) is 27.6 Å². The number of sulfonamides is 1. The number of hydrogen-bond acceptors (Lipinski definition) is 7. The van der Waals surface area contributed by atoms with E-state index in [4.69, 9.17) is 4.74 Å². The van der Waals surface area contributed by atoms with Gasteiger partial charge in [-0.05, 0) is 35.6 Å². The molecule has 2 N–H and O–H groups in total. The molecule has 0 fully saturated rings. The topological polar surface area (TPSA) is 139 Å². The summed E-state index contributed by atoms with van der Waals surface area (Å²) in [5.41, 5.74) is 1.40. The Morgan fingerprint density at radius 2 is 1.51 bits per heavy atom. The van der Waals surface area contributed by atoms with Crippen LogP contribution in [-0.2, 0) is 27.8 Å². The van der Waals surface area contributed by atoms with Crippen LogP contribution in [0.1, 0.15) is 25.0 Å². The van der Waals surface area contributed by atoms with Crippen LogP contribution in [0.3, 0.4) is 0 Å². The summed E-state index contributed by atoms with van der Waals surface area (Å²) in [4.78, 5) is 22.9. The minimum atomic E-state index is -4.11. The Kier molecular flexibility index (Phi) is 10.6. The van der Waals surface area contributed by atoms with E-state index in [1.807, 2.05) is 74.5 Å². The molecule has 11 heteroatoms. The second kappa shape index (κ2) is 13.8. The summed E-state index contributed by atoms with van der Waals surface area (Å²) in [7, 11) is -4.11. The highest BCUT2D eigenvalue weighted by Gasteiger charge is 2.32. The second-order valence-corrected chi connectivity index (χ2v) is 11.5. The van der Waals surface area contributed by atoms with Crippen LogP contribution in [0.2, 0.25) is 0 Å². The molecule has 0 aromatic heterocycles. The van der Waals surface area contributed by atoms with Crippen molar-refractivity contribution >= 4 is 21.8 Å². The first kappa shape index (κ1) is 29.8. The average molecular weight is 556 g/mol. The third kappa shape index (κ3) is 8.88. The molecular formula is C28H33N3O7S. The molecule has 0 aliphatic rings. The van der Waals surface area contributed by atoms with E-state index >= 15 is 0 Å². The number of alkyl carbamates (subject to hydrolysis) is 1. The van der Waals surface area contributed by atoms with Gasteiger partial charge in [-0.15, -0.1) is 0 Å². The van der Waals surface area contributed by atoms with Crippen molar-refractivity contribution in [3.05, 3.63) is 106 Å². The Bertz CT molecular complexity index is 1320. The van der Waals surface area contributed by atoms with E-state index < -0.39 is 33.2 Å². The van der Waals surface area contributed by atoms with Gasteiger partial charge in [0.25, 0.3) is 5.69 Å². The number of aliphatic hydroxyl groups is 1. The van der Waals surface area contributed by atoms with Crippen LogP contribution < -0.4 is 5.32 Å². The number of nitro benzene ring substituents is 1. The van der Waals surface area contributed by atoms with E-state index in [9.17, 15) is 28.4 Å². The van der Waals surface area contributed by atoms with Gasteiger partial charge in [-0.1, -0.05) is 74.5 Å². The predicted octanol–water partition coefficient (Wildman–Crippen LogP) is 4.14. The highest BCUT2D eigenvalue weighted by Crippen LogP contribution is 2.22. The number of hydrogen-bond donors (Lipinski definition) is 2. The number of non-ortho nitro benzene ring substituents is 1. The van der Waals surface area contributed by atoms with Crippen molar-refractivity contribution in [3.8, 4) is 0 Å². The number of nitrogens with zero attached hydrogens (tertiary/aromatic N) is 2. The van der Waals surface area contributed by atoms with Crippen LogP contribution in [0, 0.1) is 16.0 Å². The molecule has 0 spiro atoms. The van der Waals surface area contributed by atoms with Crippen LogP contribution in [-0.4, -0.2) is 54.1 Å². The van der Waals surface area contributed by atoms with Crippen LogP contribution in [0.5, 0.6) is 0 Å². The van der Waals surface area contributed by atoms with Crippen LogP contribution in [0.15, 0.2) is 89.8 Å². The quantitative estimate of drug-likeness (QED) is 0.239. The van der Waals surface area contributed by atoms with Gasteiger partial charge >= 0.3 is 6.09 Å². The fraction of sp³-hybridized carbons (Fsp3) is 0.321. The van der Waals surface area contributed by atoms with Crippen LogP contribution >= 0.6 is 0 Å². The first-order chi connectivity index (χ1) is 18.6. The number of carbonyl (C=O) groups excluding carboxylic acids is 1. The van der Waals surface area contributed by atoms with Gasteiger partial charge in [0.2, 0.25) is 10.0 Å². The number of rotatable bonds is 13. The van der Waals surface area contributed by atoms with Gasteiger partial charge < -0.3 is 15.2 Å². The summed E-state index contributed by atoms with van der Waals surface area (Å²) >= 11 is 0. The molecule has 10 nitrogen and oxygen atoms in total. The molecule has 3 rings (SSSR count). The standard InChI is InChI=1S/C28H33N3O7S/c1-21(2)18-30(39(36,37)25-15-13-24(14-16-25)31(34)35)19-27(32)26(17-22-9-5-3-6-10-22)29-28(33)38-20-23-11-7-4-8-12-23/h3-16,21,26-27,32H,17-20H2,1-2H3,(H,29,33). The Hall–Kier alpha value is -3.80. The molecule has 2 unspecified atom stereocenters. The fourth-order valence-electron chi connectivity index (χ4n) is 3.97. The first-order valence-corrected chi connectivity index (χ1v) is 13.9. The zero-order valence-electron chi connectivity index (χ0n) is 21.8. The summed E-state index contributed by atoms with van der Waals surface area (Å²) in [6, 6.07) is 22.1. The lowest BCUT2D eigenvalue weighted by molar-refractivity contribution is -0.384. The van der Waals surface area contributed by atoms with E-state index in [2.05, 4.69) is 5.32 Å². The molecule has 3 aromatic carbocycles. The number of nitro groups is 1. The Morgan fingerprint density at radius 3 is 2.05 bits per heavy atom. The Balaban J connectivity index is 1.80. The molecule has 0 heterocycles. The lowest BCUT2D eigenvalue weighted by Gasteiger charge is -2.30. The third-order valence-corrected chi connectivity index (χ3v) is 7.77. The van der Waals surface area contributed by atoms with Gasteiger partial charge in [-0.2, -0.15) is 4.31 Å². The number of amides is 1. The number of aliphatic hydroxyl groups excluding tert-OH is 1. The summed E-state index contributed by atoms with van der Waals surface area (Å²) in [5.74, 6) is -0.0820. The molecule has 208 valence electrons. The van der Waals surface area contributed by atoms with Crippen molar-refractivity contribution < 1.29 is 28.0 Å². The van der Waals surface area contributed by atoms with E-state index in [1.165, 1.54) is 12.1 Å². The molecule has 0 bridgehead atoms. The van der Waals surface area contributed by atoms with Crippen molar-refractivity contribution in [2.75, 3.05) is 13.1 Å². The zero-order chi connectivity index (χ0) is 28.4. The van der Waals surface area contributed by atoms with Gasteiger partial charge in [0.15, 0.2) is 0 Å². The van der Waals surface area contributed by atoms with Crippen LogP contribution in [0.4, 0.5) is 10.5 Å². The number of carbonyl (C=O) groups is 1. The monoisotopic (exact) mass is 555 g/mol. The SMILES string of the molecule is CC(C)CN(CC(O)C(Cc1ccccc1)NC(=O)OCc1ccccc1)S(=O)(=O)c1ccc([N+](=O)[O-])cc1. The maximum absolute atomic E-state index is 13.5. The molecule has 39 heavy (non-hydrogen) atoms. The van der Waals surface area contributed by atoms with Gasteiger partial charge in [-0.25, -0.2) is 13.2 Å². The first-order valence-electron chi connectivity index (χ1n) is 12.5. The minimum absolute atomic E-state index is 0.0365. The van der Waals surface area contributed by atoms with E-state index in [1.54, 1.807) is 0 Å². The summed E-state index contributed by atoms with van der Waals surface area (Å²) in [5, 5.41) is 24.9. The molecule has 3 aromatic rings. The highest BCUT2D eigenvalue weighted by atomic mass is 32.2. The van der Waals surface area contributed by atoms with Crippen molar-refractivity contribution in [1.29, 1.82) is 0 Å². The summed E-state index contributed by atoms with van der Waals surface area (Å²) in [6.07, 6.45) is -1.80. The molecular weight excluding hydrogens is 522 g/mol. The van der Waals surface area contributed by atoms with Gasteiger partial charge in [0.1, 0.15) is 6.61 Å². The lowest BCUT2D eigenvalue weighted by atomic mass is 10.0. The van der Waals surface area contributed by atoms with Crippen molar-refractivity contribution in [1.82, 2.24) is 9.62 Å². The Morgan fingerprint density at radius 1 is 0.949 bits per heavy atom. The van der Waals surface area contributed by atoms with Gasteiger partial charge in [0, 0.05) is 25.2 Å². The molecule has 0 radical (unpaired) electrons. The largest absolute Gasteiger partial charge is 0.445 e. The molecule has 0 saturated heterocycles. The van der Waals surface area contributed by atoms with Crippen molar-refractivity contribution in [2.45, 2.75) is 43.9 Å². The van der Waals surface area contributed by atoms with Gasteiger partial charge in [0.05, 0.1) is 22.0 Å². The van der Waals surface area contributed by atoms with Gasteiger partial charge in [-0.3, -0.25) is 10.1 Å². The van der Waals surface area contributed by atoms with E-state index in [0.29, 0.717) is 0 Å². The molecule has 2 atom stereocenters. The fourth-order valence-corrected chi connectivity index (χ4v) is 5.59. The Labute approximate surface area is 228 Å². The number of ether oxygens (including phenoxy) is 1. The summed E-state index contributed by atoms with van der Waals surface area (Å²) < 4.78 is 33.4.